The predicted molar refractivity (Wildman–Crippen MR) is 76.2 cm³/mol. The molecule has 0 aliphatic rings. The summed E-state index contributed by atoms with van der Waals surface area (Å²) < 4.78 is 5.85. The van der Waals surface area contributed by atoms with Crippen LogP contribution in [0.5, 0.6) is 5.75 Å². The van der Waals surface area contributed by atoms with E-state index in [1.807, 2.05) is 37.3 Å². The minimum Gasteiger partial charge on any atom is -0.488 e. The Hall–Kier alpha value is -1.98. The van der Waals surface area contributed by atoms with Crippen LogP contribution in [0.2, 0.25) is 0 Å². The second kappa shape index (κ2) is 6.26. The van der Waals surface area contributed by atoms with Gasteiger partial charge in [0.05, 0.1) is 17.5 Å². The fourth-order valence-corrected chi connectivity index (χ4v) is 2.07. The first-order chi connectivity index (χ1) is 9.24. The molecule has 0 amide bonds. The van der Waals surface area contributed by atoms with Gasteiger partial charge >= 0.3 is 0 Å². The molecular weight excluding hydrogens is 258 g/mol. The molecule has 0 saturated heterocycles. The van der Waals surface area contributed by atoms with E-state index in [0.717, 1.165) is 22.4 Å². The number of hydrogen-bond donors (Lipinski definition) is 0. The minimum absolute atomic E-state index is 0.435. The fourth-order valence-electron chi connectivity index (χ4n) is 1.86. The molecule has 0 N–H and O–H groups in total. The van der Waals surface area contributed by atoms with Crippen LogP contribution in [0.3, 0.4) is 0 Å². The monoisotopic (exact) mass is 271 g/mol. The Bertz CT molecular complexity index is 599. The van der Waals surface area contributed by atoms with E-state index in [0.29, 0.717) is 18.1 Å². The fraction of sp³-hybridized carbons (Fsp3) is 0.188. The summed E-state index contributed by atoms with van der Waals surface area (Å²) >= 11 is 5.91. The molecule has 2 nitrogen and oxygen atoms in total. The van der Waals surface area contributed by atoms with Gasteiger partial charge in [-0.1, -0.05) is 30.3 Å². The third-order valence-electron chi connectivity index (χ3n) is 2.90. The first-order valence-electron chi connectivity index (χ1n) is 6.01. The average Bonchev–Trinajstić information content (AvgIpc) is 2.46. The van der Waals surface area contributed by atoms with Crippen molar-refractivity contribution in [2.24, 2.45) is 0 Å². The summed E-state index contributed by atoms with van der Waals surface area (Å²) in [5, 5.41) is 8.75. The van der Waals surface area contributed by atoms with Gasteiger partial charge in [0, 0.05) is 5.56 Å². The van der Waals surface area contributed by atoms with Crippen molar-refractivity contribution < 1.29 is 4.74 Å². The van der Waals surface area contributed by atoms with Crippen LogP contribution in [-0.2, 0) is 12.5 Å². The molecule has 0 aliphatic heterocycles. The number of para-hydroxylation sites is 1. The summed E-state index contributed by atoms with van der Waals surface area (Å²) in [5.41, 5.74) is 3.76. The van der Waals surface area contributed by atoms with E-state index in [1.165, 1.54) is 0 Å². The summed E-state index contributed by atoms with van der Waals surface area (Å²) in [6, 6.07) is 15.4. The molecule has 0 radical (unpaired) electrons. The number of ether oxygens (including phenoxy) is 1. The molecule has 19 heavy (non-hydrogen) atoms. The summed E-state index contributed by atoms with van der Waals surface area (Å²) in [4.78, 5) is 0. The maximum Gasteiger partial charge on any atom is 0.127 e. The third kappa shape index (κ3) is 3.27. The molecule has 0 saturated carbocycles. The second-order valence-electron chi connectivity index (χ2n) is 4.29. The van der Waals surface area contributed by atoms with Crippen LogP contribution in [-0.4, -0.2) is 0 Å². The average molecular weight is 272 g/mol. The Balaban J connectivity index is 2.12. The molecule has 0 aromatic heterocycles. The Labute approximate surface area is 118 Å². The van der Waals surface area contributed by atoms with Crippen LogP contribution < -0.4 is 4.74 Å². The van der Waals surface area contributed by atoms with Gasteiger partial charge in [-0.25, -0.2) is 0 Å². The molecule has 2 aromatic carbocycles. The van der Waals surface area contributed by atoms with Gasteiger partial charge in [0.1, 0.15) is 12.4 Å². The number of hydrogen-bond acceptors (Lipinski definition) is 2. The van der Waals surface area contributed by atoms with Crippen LogP contribution in [0.4, 0.5) is 0 Å². The lowest BCUT2D eigenvalue weighted by Crippen LogP contribution is -1.99. The zero-order valence-electron chi connectivity index (χ0n) is 10.7. The van der Waals surface area contributed by atoms with E-state index in [-0.39, 0.29) is 0 Å². The second-order valence-corrected chi connectivity index (χ2v) is 4.56. The lowest BCUT2D eigenvalue weighted by Gasteiger charge is -2.12. The zero-order chi connectivity index (χ0) is 13.7. The Morgan fingerprint density at radius 3 is 2.53 bits per heavy atom. The van der Waals surface area contributed by atoms with Gasteiger partial charge in [0.15, 0.2) is 0 Å². The van der Waals surface area contributed by atoms with E-state index < -0.39 is 0 Å². The molecule has 3 heteroatoms. The van der Waals surface area contributed by atoms with E-state index in [1.54, 1.807) is 12.1 Å². The van der Waals surface area contributed by atoms with Gasteiger partial charge in [-0.3, -0.25) is 0 Å². The number of rotatable bonds is 4. The summed E-state index contributed by atoms with van der Waals surface area (Å²) in [5.74, 6) is 1.28. The normalized spacial score (nSPS) is 9.95. The van der Waals surface area contributed by atoms with Crippen molar-refractivity contribution in [2.75, 3.05) is 0 Å². The molecule has 0 atom stereocenters. The van der Waals surface area contributed by atoms with Gasteiger partial charge < -0.3 is 4.74 Å². The highest BCUT2D eigenvalue weighted by Crippen LogP contribution is 2.25. The number of alkyl halides is 1. The van der Waals surface area contributed by atoms with Crippen LogP contribution in [0.1, 0.15) is 22.3 Å². The molecule has 2 rings (SSSR count). The first-order valence-corrected chi connectivity index (χ1v) is 6.54. The Morgan fingerprint density at radius 1 is 1.16 bits per heavy atom. The first kappa shape index (κ1) is 13.5. The maximum absolute atomic E-state index is 8.75. The van der Waals surface area contributed by atoms with Crippen molar-refractivity contribution in [1.82, 2.24) is 0 Å². The predicted octanol–water partition coefficient (Wildman–Crippen LogP) is 4.18. The number of benzene rings is 2. The van der Waals surface area contributed by atoms with Crippen LogP contribution in [0.25, 0.3) is 0 Å². The molecule has 2 aromatic rings. The van der Waals surface area contributed by atoms with Gasteiger partial charge in [-0.2, -0.15) is 5.26 Å². The van der Waals surface area contributed by atoms with Gasteiger partial charge in [0.2, 0.25) is 0 Å². The molecule has 0 unspecified atom stereocenters. The van der Waals surface area contributed by atoms with Crippen LogP contribution in [0.15, 0.2) is 42.5 Å². The molecule has 0 fully saturated rings. The Morgan fingerprint density at radius 2 is 1.89 bits per heavy atom. The van der Waals surface area contributed by atoms with Crippen molar-refractivity contribution in [1.29, 1.82) is 5.26 Å². The number of nitrogens with zero attached hydrogens (tertiary/aromatic N) is 1. The highest BCUT2D eigenvalue weighted by molar-refractivity contribution is 6.17. The lowest BCUT2D eigenvalue weighted by atomic mass is 10.1. The zero-order valence-corrected chi connectivity index (χ0v) is 11.4. The molecule has 0 aliphatic carbocycles. The Kier molecular flexibility index (Phi) is 4.43. The highest BCUT2D eigenvalue weighted by Gasteiger charge is 2.06. The van der Waals surface area contributed by atoms with Crippen molar-refractivity contribution in [3.63, 3.8) is 0 Å². The van der Waals surface area contributed by atoms with E-state index in [9.17, 15) is 0 Å². The topological polar surface area (TPSA) is 33.0 Å². The SMILES string of the molecule is Cc1cccc(CCl)c1OCc1ccc(C#N)cc1. The smallest absolute Gasteiger partial charge is 0.127 e. The summed E-state index contributed by atoms with van der Waals surface area (Å²) in [7, 11) is 0. The third-order valence-corrected chi connectivity index (χ3v) is 3.19. The van der Waals surface area contributed by atoms with Crippen molar-refractivity contribution in [3.05, 3.63) is 64.7 Å². The minimum atomic E-state index is 0.435. The van der Waals surface area contributed by atoms with E-state index in [4.69, 9.17) is 21.6 Å². The van der Waals surface area contributed by atoms with Gasteiger partial charge in [-0.05, 0) is 30.2 Å². The number of halogens is 1. The standard InChI is InChI=1S/C16H14ClNO/c1-12-3-2-4-15(9-17)16(12)19-11-14-7-5-13(10-18)6-8-14/h2-8H,9,11H2,1H3. The molecular formula is C16H14ClNO. The quantitative estimate of drug-likeness (QED) is 0.782. The maximum atomic E-state index is 8.75. The molecule has 0 bridgehead atoms. The van der Waals surface area contributed by atoms with Crippen LogP contribution in [0, 0.1) is 18.3 Å². The van der Waals surface area contributed by atoms with Gasteiger partial charge in [0.25, 0.3) is 0 Å². The van der Waals surface area contributed by atoms with Gasteiger partial charge in [-0.15, -0.1) is 11.6 Å². The van der Waals surface area contributed by atoms with Crippen molar-refractivity contribution in [2.45, 2.75) is 19.4 Å². The summed E-state index contributed by atoms with van der Waals surface area (Å²) in [6.45, 7) is 2.48. The number of aryl methyl sites for hydroxylation is 1. The van der Waals surface area contributed by atoms with E-state index >= 15 is 0 Å². The highest BCUT2D eigenvalue weighted by atomic mass is 35.5. The molecule has 0 heterocycles. The molecule has 0 spiro atoms. The van der Waals surface area contributed by atoms with Crippen LogP contribution >= 0.6 is 11.6 Å². The van der Waals surface area contributed by atoms with E-state index in [2.05, 4.69) is 6.07 Å². The van der Waals surface area contributed by atoms with Crippen molar-refractivity contribution in [3.8, 4) is 11.8 Å². The van der Waals surface area contributed by atoms with Crippen molar-refractivity contribution >= 4 is 11.6 Å². The largest absolute Gasteiger partial charge is 0.488 e. The lowest BCUT2D eigenvalue weighted by molar-refractivity contribution is 0.301. The molecule has 96 valence electrons. The summed E-state index contributed by atoms with van der Waals surface area (Å²) in [6.07, 6.45) is 0. The number of nitriles is 1.